The van der Waals surface area contributed by atoms with Crippen molar-refractivity contribution in [1.29, 1.82) is 0 Å². The molecule has 0 bridgehead atoms. The third-order valence-electron chi connectivity index (χ3n) is 5.45. The molecule has 0 radical (unpaired) electrons. The van der Waals surface area contributed by atoms with E-state index in [1.54, 1.807) is 7.11 Å². The van der Waals surface area contributed by atoms with Crippen molar-refractivity contribution in [2.75, 3.05) is 46.4 Å². The van der Waals surface area contributed by atoms with Crippen LogP contribution in [0.25, 0.3) is 0 Å². The first kappa shape index (κ1) is 23.0. The molecule has 0 spiro atoms. The van der Waals surface area contributed by atoms with Crippen LogP contribution in [-0.4, -0.2) is 63.3 Å². The molecule has 5 nitrogen and oxygen atoms in total. The van der Waals surface area contributed by atoms with Crippen molar-refractivity contribution in [3.63, 3.8) is 0 Å². The Hall–Kier alpha value is -0.0800. The third-order valence-corrected chi connectivity index (χ3v) is 5.45. The summed E-state index contributed by atoms with van der Waals surface area (Å²) in [5, 5.41) is 7.11. The van der Waals surface area contributed by atoms with Gasteiger partial charge in [0, 0.05) is 32.8 Å². The van der Waals surface area contributed by atoms with Crippen molar-refractivity contribution in [2.24, 2.45) is 16.8 Å². The highest BCUT2D eigenvalue weighted by Gasteiger charge is 2.21. The van der Waals surface area contributed by atoms with Crippen molar-refractivity contribution in [3.05, 3.63) is 0 Å². The van der Waals surface area contributed by atoms with E-state index in [4.69, 9.17) is 9.73 Å². The van der Waals surface area contributed by atoms with E-state index in [0.717, 1.165) is 44.0 Å². The van der Waals surface area contributed by atoms with Crippen molar-refractivity contribution in [2.45, 2.75) is 58.4 Å². The molecule has 0 amide bonds. The van der Waals surface area contributed by atoms with Crippen molar-refractivity contribution in [3.8, 4) is 0 Å². The summed E-state index contributed by atoms with van der Waals surface area (Å²) < 4.78 is 5.18. The van der Waals surface area contributed by atoms with Gasteiger partial charge in [-0.2, -0.15) is 0 Å². The fourth-order valence-electron chi connectivity index (χ4n) is 3.91. The van der Waals surface area contributed by atoms with E-state index in [1.807, 2.05) is 0 Å². The molecule has 25 heavy (non-hydrogen) atoms. The number of methoxy groups -OCH3 is 1. The first-order valence-electron chi connectivity index (χ1n) is 9.97. The maximum Gasteiger partial charge on any atom is 0.191 e. The van der Waals surface area contributed by atoms with E-state index in [0.29, 0.717) is 6.04 Å². The predicted molar refractivity (Wildman–Crippen MR) is 117 cm³/mol. The van der Waals surface area contributed by atoms with Gasteiger partial charge in [-0.3, -0.25) is 4.99 Å². The van der Waals surface area contributed by atoms with Gasteiger partial charge in [0.2, 0.25) is 0 Å². The van der Waals surface area contributed by atoms with Crippen LogP contribution in [0.2, 0.25) is 0 Å². The molecular weight excluding hydrogens is 427 g/mol. The van der Waals surface area contributed by atoms with Gasteiger partial charge in [0.1, 0.15) is 0 Å². The van der Waals surface area contributed by atoms with E-state index < -0.39 is 0 Å². The number of piperidine rings is 1. The van der Waals surface area contributed by atoms with Crippen LogP contribution in [0.1, 0.15) is 52.4 Å². The zero-order valence-corrected chi connectivity index (χ0v) is 18.8. The molecule has 1 aliphatic carbocycles. The van der Waals surface area contributed by atoms with Crippen LogP contribution in [0.15, 0.2) is 4.99 Å². The molecule has 1 aliphatic heterocycles. The molecule has 0 aromatic rings. The number of rotatable bonds is 7. The Kier molecular flexibility index (Phi) is 12.1. The summed E-state index contributed by atoms with van der Waals surface area (Å²) in [4.78, 5) is 7.41. The Bertz CT molecular complexity index is 372. The Balaban J connectivity index is 0.00000312. The Morgan fingerprint density at radius 3 is 2.60 bits per heavy atom. The van der Waals surface area contributed by atoms with Gasteiger partial charge in [0.15, 0.2) is 5.96 Å². The quantitative estimate of drug-likeness (QED) is 0.344. The fourth-order valence-corrected chi connectivity index (χ4v) is 3.91. The first-order valence-corrected chi connectivity index (χ1v) is 9.97. The summed E-state index contributed by atoms with van der Waals surface area (Å²) >= 11 is 0. The number of nitrogens with one attached hydrogen (secondary N) is 2. The van der Waals surface area contributed by atoms with Crippen LogP contribution >= 0.6 is 24.0 Å². The second kappa shape index (κ2) is 13.1. The normalized spacial score (nSPS) is 26.1. The van der Waals surface area contributed by atoms with Gasteiger partial charge >= 0.3 is 0 Å². The van der Waals surface area contributed by atoms with Crippen LogP contribution in [0.3, 0.4) is 0 Å². The van der Waals surface area contributed by atoms with Crippen LogP contribution < -0.4 is 10.6 Å². The largest absolute Gasteiger partial charge is 0.383 e. The SMILES string of the molecule is CCNC(=NCC1CCN(CCOC)CC1)NC1CCCC(C)C1.I. The molecule has 0 aromatic carbocycles. The number of hydrogen-bond acceptors (Lipinski definition) is 3. The van der Waals surface area contributed by atoms with E-state index >= 15 is 0 Å². The Morgan fingerprint density at radius 2 is 1.96 bits per heavy atom. The average molecular weight is 466 g/mol. The Labute approximate surface area is 171 Å². The standard InChI is InChI=1S/C19H38N4O.HI/c1-4-20-19(22-18-7-5-6-16(2)14-18)21-15-17-8-10-23(11-9-17)12-13-24-3;/h16-18H,4-15H2,1-3H3,(H2,20,21,22);1H. The number of aliphatic imine (C=N–C) groups is 1. The molecule has 2 aliphatic rings. The summed E-state index contributed by atoms with van der Waals surface area (Å²) in [6, 6.07) is 0.599. The maximum atomic E-state index is 5.18. The minimum absolute atomic E-state index is 0. The monoisotopic (exact) mass is 466 g/mol. The molecule has 2 unspecified atom stereocenters. The lowest BCUT2D eigenvalue weighted by atomic mass is 9.87. The van der Waals surface area contributed by atoms with Gasteiger partial charge in [-0.15, -0.1) is 24.0 Å². The summed E-state index contributed by atoms with van der Waals surface area (Å²) in [5.74, 6) is 2.60. The Morgan fingerprint density at radius 1 is 1.20 bits per heavy atom. The van der Waals surface area contributed by atoms with Crippen LogP contribution in [0.5, 0.6) is 0 Å². The molecule has 1 heterocycles. The second-order valence-electron chi connectivity index (χ2n) is 7.61. The van der Waals surface area contributed by atoms with Gasteiger partial charge in [0.25, 0.3) is 0 Å². The second-order valence-corrected chi connectivity index (χ2v) is 7.61. The van der Waals surface area contributed by atoms with Gasteiger partial charge < -0.3 is 20.3 Å². The van der Waals surface area contributed by atoms with Crippen LogP contribution in [0, 0.1) is 11.8 Å². The van der Waals surface area contributed by atoms with E-state index in [1.165, 1.54) is 51.6 Å². The lowest BCUT2D eigenvalue weighted by molar-refractivity contribution is 0.121. The summed E-state index contributed by atoms with van der Waals surface area (Å²) in [6.45, 7) is 10.7. The van der Waals surface area contributed by atoms with Gasteiger partial charge in [-0.05, 0) is 57.5 Å². The zero-order valence-electron chi connectivity index (χ0n) is 16.4. The lowest BCUT2D eigenvalue weighted by Gasteiger charge is -2.31. The van der Waals surface area contributed by atoms with Gasteiger partial charge in [-0.25, -0.2) is 0 Å². The van der Waals surface area contributed by atoms with E-state index in [2.05, 4.69) is 29.4 Å². The minimum Gasteiger partial charge on any atom is -0.383 e. The number of halogens is 1. The van der Waals surface area contributed by atoms with E-state index in [-0.39, 0.29) is 24.0 Å². The average Bonchev–Trinajstić information content (AvgIpc) is 2.59. The molecule has 2 fully saturated rings. The number of guanidine groups is 1. The first-order chi connectivity index (χ1) is 11.7. The van der Waals surface area contributed by atoms with Crippen molar-refractivity contribution < 1.29 is 4.74 Å². The number of hydrogen-bond donors (Lipinski definition) is 2. The maximum absolute atomic E-state index is 5.18. The fraction of sp³-hybridized carbons (Fsp3) is 0.947. The summed E-state index contributed by atoms with van der Waals surface area (Å²) in [5.41, 5.74) is 0. The smallest absolute Gasteiger partial charge is 0.191 e. The van der Waals surface area contributed by atoms with Gasteiger partial charge in [0.05, 0.1) is 6.61 Å². The van der Waals surface area contributed by atoms with Crippen LogP contribution in [-0.2, 0) is 4.74 Å². The zero-order chi connectivity index (χ0) is 17.2. The summed E-state index contributed by atoms with van der Waals surface area (Å²) in [6.07, 6.45) is 7.81. The molecule has 2 N–H and O–H groups in total. The molecule has 2 rings (SSSR count). The molecule has 2 atom stereocenters. The molecule has 1 saturated carbocycles. The highest BCUT2D eigenvalue weighted by Crippen LogP contribution is 2.23. The predicted octanol–water partition coefficient (Wildman–Crippen LogP) is 3.10. The minimum atomic E-state index is 0. The lowest BCUT2D eigenvalue weighted by Crippen LogP contribution is -2.45. The molecule has 148 valence electrons. The number of ether oxygens (including phenoxy) is 1. The van der Waals surface area contributed by atoms with E-state index in [9.17, 15) is 0 Å². The molecule has 6 heteroatoms. The summed E-state index contributed by atoms with van der Waals surface area (Å²) in [7, 11) is 1.78. The highest BCUT2D eigenvalue weighted by atomic mass is 127. The van der Waals surface area contributed by atoms with Crippen LogP contribution in [0.4, 0.5) is 0 Å². The molecule has 1 saturated heterocycles. The van der Waals surface area contributed by atoms with Crippen molar-refractivity contribution >= 4 is 29.9 Å². The van der Waals surface area contributed by atoms with Crippen molar-refractivity contribution in [1.82, 2.24) is 15.5 Å². The highest BCUT2D eigenvalue weighted by molar-refractivity contribution is 14.0. The molecule has 0 aromatic heterocycles. The number of likely N-dealkylation sites (tertiary alicyclic amines) is 1. The number of nitrogens with zero attached hydrogens (tertiary/aromatic N) is 2. The third kappa shape index (κ3) is 8.91. The van der Waals surface area contributed by atoms with Gasteiger partial charge in [-0.1, -0.05) is 19.8 Å². The topological polar surface area (TPSA) is 48.9 Å². The molecular formula is C19H39IN4O.